The highest BCUT2D eigenvalue weighted by Crippen LogP contribution is 2.38. The fraction of sp³-hybridized carbons (Fsp3) is 0.370. The molecule has 6 heteroatoms. The summed E-state index contributed by atoms with van der Waals surface area (Å²) in [5.74, 6) is -1.92. The van der Waals surface area contributed by atoms with Crippen molar-refractivity contribution in [2.45, 2.75) is 58.5 Å². The van der Waals surface area contributed by atoms with Gasteiger partial charge in [-0.3, -0.25) is 9.59 Å². The maximum Gasteiger partial charge on any atom is 0.336 e. The molecule has 0 spiro atoms. The number of carbonyl (C=O) groups is 3. The van der Waals surface area contributed by atoms with Gasteiger partial charge >= 0.3 is 5.97 Å². The third kappa shape index (κ3) is 5.22. The Kier molecular flexibility index (Phi) is 8.17. The monoisotopic (exact) mass is 450 g/mol. The average Bonchev–Trinajstić information content (AvgIpc) is 2.80. The van der Waals surface area contributed by atoms with Crippen molar-refractivity contribution in [3.05, 3.63) is 75.9 Å². The Morgan fingerprint density at radius 3 is 2.30 bits per heavy atom. The summed E-state index contributed by atoms with van der Waals surface area (Å²) in [4.78, 5) is 38.6. The van der Waals surface area contributed by atoms with E-state index in [2.05, 4.69) is 6.92 Å². The van der Waals surface area contributed by atoms with E-state index in [9.17, 15) is 24.6 Å². The van der Waals surface area contributed by atoms with E-state index in [1.807, 2.05) is 6.92 Å². The van der Waals surface area contributed by atoms with E-state index in [1.165, 1.54) is 12.1 Å². The molecular weight excluding hydrogens is 420 g/mol. The molecule has 3 rings (SSSR count). The average molecular weight is 451 g/mol. The number of hydrogen-bond donors (Lipinski definition) is 2. The van der Waals surface area contributed by atoms with Crippen molar-refractivity contribution in [2.75, 3.05) is 6.61 Å². The second kappa shape index (κ2) is 11.1. The van der Waals surface area contributed by atoms with Crippen molar-refractivity contribution < 1.29 is 29.3 Å². The lowest BCUT2D eigenvalue weighted by Gasteiger charge is -2.24. The molecule has 0 saturated carbocycles. The van der Waals surface area contributed by atoms with Crippen LogP contribution < -0.4 is 4.74 Å². The summed E-state index contributed by atoms with van der Waals surface area (Å²) in [7, 11) is 0. The minimum Gasteiger partial charge on any atom is -0.488 e. The molecule has 0 heterocycles. The molecule has 6 nitrogen and oxygen atoms in total. The van der Waals surface area contributed by atoms with Gasteiger partial charge in [-0.2, -0.15) is 0 Å². The zero-order chi connectivity index (χ0) is 24.0. The smallest absolute Gasteiger partial charge is 0.336 e. The number of benzene rings is 2. The molecular formula is C27H30O6. The van der Waals surface area contributed by atoms with Gasteiger partial charge in [-0.15, -0.1) is 0 Å². The summed E-state index contributed by atoms with van der Waals surface area (Å²) in [6.45, 7) is 4.13. The molecule has 2 N–H and O–H groups in total. The number of ether oxygens (including phenoxy) is 1. The number of hydrogen-bond acceptors (Lipinski definition) is 5. The van der Waals surface area contributed by atoms with Crippen LogP contribution in [0.25, 0.3) is 0 Å². The number of ketones is 2. The number of aliphatic hydroxyl groups is 1. The molecule has 1 unspecified atom stereocenters. The zero-order valence-electron chi connectivity index (χ0n) is 19.1. The van der Waals surface area contributed by atoms with Crippen LogP contribution in [-0.4, -0.2) is 40.5 Å². The van der Waals surface area contributed by atoms with E-state index < -0.39 is 23.6 Å². The maximum absolute atomic E-state index is 13.4. The van der Waals surface area contributed by atoms with E-state index in [-0.39, 0.29) is 40.2 Å². The second-order valence-electron chi connectivity index (χ2n) is 8.22. The number of aromatic carboxylic acids is 1. The number of aryl methyl sites for hydroxylation is 1. The molecule has 2 aromatic carbocycles. The summed E-state index contributed by atoms with van der Waals surface area (Å²) in [6.07, 6.45) is 7.71. The van der Waals surface area contributed by atoms with Crippen LogP contribution in [0.4, 0.5) is 0 Å². The van der Waals surface area contributed by atoms with Gasteiger partial charge in [0.1, 0.15) is 12.4 Å². The fourth-order valence-corrected chi connectivity index (χ4v) is 4.15. The zero-order valence-corrected chi connectivity index (χ0v) is 19.1. The Morgan fingerprint density at radius 2 is 1.70 bits per heavy atom. The van der Waals surface area contributed by atoms with Crippen LogP contribution in [-0.2, 0) is 6.42 Å². The molecule has 0 fully saturated rings. The van der Waals surface area contributed by atoms with Crippen LogP contribution in [0.3, 0.4) is 0 Å². The molecule has 2 aromatic rings. The van der Waals surface area contributed by atoms with Crippen LogP contribution in [0, 0.1) is 0 Å². The summed E-state index contributed by atoms with van der Waals surface area (Å²) < 4.78 is 5.97. The van der Waals surface area contributed by atoms with Gasteiger partial charge in [-0.1, -0.05) is 69.9 Å². The number of unbranched alkanes of at least 4 members (excludes halogenated alkanes) is 2. The molecule has 33 heavy (non-hydrogen) atoms. The normalized spacial score (nSPS) is 13.7. The molecule has 0 radical (unpaired) electrons. The van der Waals surface area contributed by atoms with Gasteiger partial charge in [0.05, 0.1) is 22.8 Å². The number of rotatable bonds is 11. The molecule has 0 aromatic heterocycles. The van der Waals surface area contributed by atoms with Crippen molar-refractivity contribution >= 4 is 17.5 Å². The highest BCUT2D eigenvalue weighted by atomic mass is 16.5. The van der Waals surface area contributed by atoms with Crippen molar-refractivity contribution in [1.29, 1.82) is 0 Å². The number of fused-ring (bicyclic) bond motifs is 2. The summed E-state index contributed by atoms with van der Waals surface area (Å²) in [6, 6.07) is 7.87. The lowest BCUT2D eigenvalue weighted by Crippen LogP contribution is -2.26. The summed E-state index contributed by atoms with van der Waals surface area (Å²) in [5, 5.41) is 19.9. The number of carboxylic acid groups (broad SMARTS) is 1. The predicted octanol–water partition coefficient (Wildman–Crippen LogP) is 4.99. The molecule has 174 valence electrons. The maximum atomic E-state index is 13.4. The highest BCUT2D eigenvalue weighted by Gasteiger charge is 2.37. The minimum absolute atomic E-state index is 0.0129. The SMILES string of the molecule is CCCCCC(O)/C=C/COc1c(CCC)cc(C(=O)O)c2c1C(=O)c1ccccc1C2=O. The lowest BCUT2D eigenvalue weighted by atomic mass is 9.79. The fourth-order valence-electron chi connectivity index (χ4n) is 4.15. The van der Waals surface area contributed by atoms with Crippen molar-refractivity contribution in [1.82, 2.24) is 0 Å². The molecule has 1 aliphatic rings. The Balaban J connectivity index is 2.00. The molecule has 0 amide bonds. The molecule has 1 aliphatic carbocycles. The number of carboxylic acids is 1. The highest BCUT2D eigenvalue weighted by molar-refractivity contribution is 6.31. The van der Waals surface area contributed by atoms with Crippen LogP contribution in [0.2, 0.25) is 0 Å². The van der Waals surface area contributed by atoms with Crippen molar-refractivity contribution in [2.24, 2.45) is 0 Å². The third-order valence-electron chi connectivity index (χ3n) is 5.76. The van der Waals surface area contributed by atoms with Gasteiger partial charge in [-0.25, -0.2) is 4.79 Å². The van der Waals surface area contributed by atoms with E-state index in [0.29, 0.717) is 24.8 Å². The van der Waals surface area contributed by atoms with Crippen molar-refractivity contribution in [3.8, 4) is 5.75 Å². The van der Waals surface area contributed by atoms with E-state index in [1.54, 1.807) is 30.4 Å². The van der Waals surface area contributed by atoms with Crippen molar-refractivity contribution in [3.63, 3.8) is 0 Å². The third-order valence-corrected chi connectivity index (χ3v) is 5.76. The Morgan fingerprint density at radius 1 is 1.03 bits per heavy atom. The molecule has 1 atom stereocenters. The van der Waals surface area contributed by atoms with Crippen LogP contribution in [0.1, 0.15) is 93.7 Å². The molecule has 0 saturated heterocycles. The predicted molar refractivity (Wildman–Crippen MR) is 125 cm³/mol. The van der Waals surface area contributed by atoms with Gasteiger partial charge in [-0.05, 0) is 30.5 Å². The van der Waals surface area contributed by atoms with Gasteiger partial charge < -0.3 is 14.9 Å². The summed E-state index contributed by atoms with van der Waals surface area (Å²) in [5.41, 5.74) is 0.721. The first-order chi connectivity index (χ1) is 15.9. The van der Waals surface area contributed by atoms with Crippen LogP contribution in [0.5, 0.6) is 5.75 Å². The Hall–Kier alpha value is -3.25. The number of carbonyl (C=O) groups excluding carboxylic acids is 2. The first-order valence-electron chi connectivity index (χ1n) is 11.5. The van der Waals surface area contributed by atoms with Crippen LogP contribution >= 0.6 is 0 Å². The Labute approximate surface area is 193 Å². The quantitative estimate of drug-likeness (QED) is 0.315. The topological polar surface area (TPSA) is 101 Å². The standard InChI is InChI=1S/C27H30O6/c1-3-5-6-11-18(28)12-9-15-33-26-17(10-4-2)16-21(27(31)32)22-23(26)25(30)20-14-8-7-13-19(20)24(22)29/h7-9,12-14,16,18,28H,3-6,10-11,15H2,1-2H3,(H,31,32)/b12-9+. The largest absolute Gasteiger partial charge is 0.488 e. The Bertz CT molecular complexity index is 1080. The summed E-state index contributed by atoms with van der Waals surface area (Å²) >= 11 is 0. The molecule has 0 aliphatic heterocycles. The van der Waals surface area contributed by atoms with E-state index >= 15 is 0 Å². The van der Waals surface area contributed by atoms with Gasteiger partial charge in [0.15, 0.2) is 11.6 Å². The van der Waals surface area contributed by atoms with Crippen LogP contribution in [0.15, 0.2) is 42.5 Å². The molecule has 0 bridgehead atoms. The minimum atomic E-state index is -1.26. The van der Waals surface area contributed by atoms with E-state index in [0.717, 1.165) is 19.3 Å². The lowest BCUT2D eigenvalue weighted by molar-refractivity contribution is 0.0692. The first-order valence-corrected chi connectivity index (χ1v) is 11.5. The second-order valence-corrected chi connectivity index (χ2v) is 8.22. The van der Waals surface area contributed by atoms with Gasteiger partial charge in [0.2, 0.25) is 0 Å². The van der Waals surface area contributed by atoms with Gasteiger partial charge in [0.25, 0.3) is 0 Å². The number of aliphatic hydroxyl groups excluding tert-OH is 1. The first kappa shape index (κ1) is 24.4. The van der Waals surface area contributed by atoms with Gasteiger partial charge in [0, 0.05) is 11.1 Å². The van der Waals surface area contributed by atoms with E-state index in [4.69, 9.17) is 4.74 Å².